The van der Waals surface area contributed by atoms with Crippen molar-refractivity contribution in [2.45, 2.75) is 30.7 Å². The molecule has 4 nitrogen and oxygen atoms in total. The van der Waals surface area contributed by atoms with E-state index in [-0.39, 0.29) is 17.6 Å². The van der Waals surface area contributed by atoms with Crippen LogP contribution in [-0.4, -0.2) is 61.1 Å². The van der Waals surface area contributed by atoms with Crippen molar-refractivity contribution in [1.82, 2.24) is 9.80 Å². The van der Waals surface area contributed by atoms with Crippen molar-refractivity contribution < 1.29 is 22.7 Å². The molecule has 0 aliphatic carbocycles. The Morgan fingerprint density at radius 3 is 2.62 bits per heavy atom. The van der Waals surface area contributed by atoms with Gasteiger partial charge >= 0.3 is 6.18 Å². The molecule has 3 aliphatic heterocycles. The highest BCUT2D eigenvalue weighted by atomic mass is 19.4. The van der Waals surface area contributed by atoms with Crippen LogP contribution in [0, 0.1) is 11.8 Å². The van der Waals surface area contributed by atoms with Crippen LogP contribution in [0.2, 0.25) is 0 Å². The Labute approximate surface area is 150 Å². The molecule has 0 aromatic heterocycles. The van der Waals surface area contributed by atoms with Crippen molar-refractivity contribution in [3.8, 4) is 0 Å². The van der Waals surface area contributed by atoms with Crippen molar-refractivity contribution in [2.24, 2.45) is 11.8 Å². The van der Waals surface area contributed by atoms with Gasteiger partial charge in [-0.25, -0.2) is 0 Å². The van der Waals surface area contributed by atoms with Gasteiger partial charge in [-0.05, 0) is 51.2 Å². The summed E-state index contributed by atoms with van der Waals surface area (Å²) >= 11 is 0. The van der Waals surface area contributed by atoms with Gasteiger partial charge in [0, 0.05) is 30.5 Å². The van der Waals surface area contributed by atoms with Crippen LogP contribution in [0.1, 0.15) is 28.8 Å². The lowest BCUT2D eigenvalue weighted by molar-refractivity contribution is -0.137. The molecule has 3 saturated heterocycles. The van der Waals surface area contributed by atoms with E-state index in [2.05, 4.69) is 4.90 Å². The molecule has 1 spiro atoms. The van der Waals surface area contributed by atoms with Gasteiger partial charge in [0.05, 0.1) is 23.8 Å². The molecule has 7 heteroatoms. The van der Waals surface area contributed by atoms with Crippen LogP contribution in [0.3, 0.4) is 0 Å². The van der Waals surface area contributed by atoms with Crippen molar-refractivity contribution in [1.29, 1.82) is 0 Å². The third-order valence-corrected chi connectivity index (χ3v) is 6.11. The van der Waals surface area contributed by atoms with Crippen LogP contribution >= 0.6 is 0 Å². The van der Waals surface area contributed by atoms with Gasteiger partial charge in [0.1, 0.15) is 0 Å². The number of ether oxygens (including phenoxy) is 1. The summed E-state index contributed by atoms with van der Waals surface area (Å²) in [6.45, 7) is 2.09. The van der Waals surface area contributed by atoms with Gasteiger partial charge in [-0.3, -0.25) is 4.79 Å². The molecule has 4 atom stereocenters. The molecule has 1 aromatic rings. The molecule has 3 fully saturated rings. The second kappa shape index (κ2) is 5.96. The van der Waals surface area contributed by atoms with Crippen molar-refractivity contribution in [3.63, 3.8) is 0 Å². The first-order valence-electron chi connectivity index (χ1n) is 8.99. The number of hydrogen-bond acceptors (Lipinski definition) is 3. The Balaban J connectivity index is 1.51. The monoisotopic (exact) mass is 368 g/mol. The number of likely N-dealkylation sites (tertiary alicyclic amines) is 1. The summed E-state index contributed by atoms with van der Waals surface area (Å²) in [4.78, 5) is 16.7. The number of benzene rings is 1. The first-order valence-corrected chi connectivity index (χ1v) is 8.99. The summed E-state index contributed by atoms with van der Waals surface area (Å²) in [5.74, 6) is 0.504. The van der Waals surface area contributed by atoms with Crippen molar-refractivity contribution >= 4 is 5.91 Å². The largest absolute Gasteiger partial charge is 0.416 e. The van der Waals surface area contributed by atoms with Crippen molar-refractivity contribution in [3.05, 3.63) is 35.4 Å². The number of carbonyl (C=O) groups excluding carboxylic acids is 1. The van der Waals surface area contributed by atoms with Gasteiger partial charge in [0.2, 0.25) is 0 Å². The Kier molecular flexibility index (Phi) is 4.08. The molecular formula is C19H23F3N2O2. The first kappa shape index (κ1) is 17.8. The molecule has 3 aliphatic rings. The zero-order valence-corrected chi connectivity index (χ0v) is 14.9. The number of hydrogen-bond donors (Lipinski definition) is 0. The molecule has 1 aromatic carbocycles. The number of rotatable bonds is 3. The lowest BCUT2D eigenvalue weighted by Crippen LogP contribution is -2.40. The van der Waals surface area contributed by atoms with E-state index < -0.39 is 11.7 Å². The van der Waals surface area contributed by atoms with Gasteiger partial charge in [-0.15, -0.1) is 0 Å². The Morgan fingerprint density at radius 2 is 2.00 bits per heavy atom. The maximum Gasteiger partial charge on any atom is 0.416 e. The zero-order chi connectivity index (χ0) is 18.7. The van der Waals surface area contributed by atoms with Gasteiger partial charge in [0.25, 0.3) is 5.91 Å². The second-order valence-electron chi connectivity index (χ2n) is 8.05. The summed E-state index contributed by atoms with van der Waals surface area (Å²) in [6, 6.07) is 4.48. The number of alkyl halides is 3. The fourth-order valence-electron chi connectivity index (χ4n) is 5.00. The van der Waals surface area contributed by atoms with E-state index >= 15 is 0 Å². The van der Waals surface area contributed by atoms with E-state index in [1.165, 1.54) is 12.1 Å². The molecule has 26 heavy (non-hydrogen) atoms. The Morgan fingerprint density at radius 1 is 1.31 bits per heavy atom. The summed E-state index contributed by atoms with van der Waals surface area (Å²) in [6.07, 6.45) is -2.14. The highest BCUT2D eigenvalue weighted by molar-refractivity contribution is 5.94. The van der Waals surface area contributed by atoms with E-state index in [1.54, 1.807) is 4.90 Å². The molecular weight excluding hydrogens is 345 g/mol. The van der Waals surface area contributed by atoms with Crippen LogP contribution in [0.5, 0.6) is 0 Å². The van der Waals surface area contributed by atoms with Gasteiger partial charge in [-0.1, -0.05) is 0 Å². The molecule has 3 heterocycles. The maximum absolute atomic E-state index is 12.8. The number of halogens is 3. The highest BCUT2D eigenvalue weighted by Gasteiger charge is 2.63. The lowest BCUT2D eigenvalue weighted by Gasteiger charge is -2.30. The van der Waals surface area contributed by atoms with E-state index in [0.29, 0.717) is 30.5 Å². The molecule has 0 unspecified atom stereocenters. The van der Waals surface area contributed by atoms with E-state index in [0.717, 1.165) is 31.5 Å². The number of amides is 1. The number of fused-ring (bicyclic) bond motifs is 1. The molecule has 2 bridgehead atoms. The molecule has 0 radical (unpaired) electrons. The fraction of sp³-hybridized carbons (Fsp3) is 0.632. The maximum atomic E-state index is 12.8. The molecule has 4 rings (SSSR count). The van der Waals surface area contributed by atoms with Gasteiger partial charge in [0.15, 0.2) is 0 Å². The Bertz CT molecular complexity index is 704. The molecule has 0 saturated carbocycles. The zero-order valence-electron chi connectivity index (χ0n) is 14.9. The van der Waals surface area contributed by atoms with Crippen LogP contribution in [0.15, 0.2) is 24.3 Å². The first-order chi connectivity index (χ1) is 12.2. The minimum absolute atomic E-state index is 0.210. The van der Waals surface area contributed by atoms with Gasteiger partial charge < -0.3 is 14.5 Å². The minimum Gasteiger partial charge on any atom is -0.369 e. The topological polar surface area (TPSA) is 32.8 Å². The third-order valence-electron chi connectivity index (χ3n) is 6.11. The fourth-order valence-corrected chi connectivity index (χ4v) is 5.00. The quantitative estimate of drug-likeness (QED) is 0.823. The summed E-state index contributed by atoms with van der Waals surface area (Å²) < 4.78 is 44.4. The number of nitrogens with zero attached hydrogens (tertiary/aromatic N) is 2. The normalized spacial score (nSPS) is 33.2. The molecule has 0 N–H and O–H groups in total. The van der Waals surface area contributed by atoms with Crippen LogP contribution in [0.4, 0.5) is 13.2 Å². The Hall–Kier alpha value is -1.60. The summed E-state index contributed by atoms with van der Waals surface area (Å²) in [7, 11) is 4.08. The second-order valence-corrected chi connectivity index (χ2v) is 8.05. The minimum atomic E-state index is -4.39. The van der Waals surface area contributed by atoms with Crippen LogP contribution in [0.25, 0.3) is 0 Å². The third kappa shape index (κ3) is 2.81. The summed E-state index contributed by atoms with van der Waals surface area (Å²) in [5.41, 5.74) is -0.695. The predicted octanol–water partition coefficient (Wildman–Crippen LogP) is 2.89. The number of carbonyl (C=O) groups is 1. The lowest BCUT2D eigenvalue weighted by atomic mass is 9.73. The average molecular weight is 368 g/mol. The van der Waals surface area contributed by atoms with Crippen molar-refractivity contribution in [2.75, 3.05) is 33.7 Å². The molecule has 1 amide bonds. The van der Waals surface area contributed by atoms with E-state index in [1.807, 2.05) is 14.1 Å². The summed E-state index contributed by atoms with van der Waals surface area (Å²) in [5, 5.41) is 0. The van der Waals surface area contributed by atoms with E-state index in [4.69, 9.17) is 4.74 Å². The predicted molar refractivity (Wildman–Crippen MR) is 89.7 cm³/mol. The average Bonchev–Trinajstić information content (AvgIpc) is 3.23. The van der Waals surface area contributed by atoms with E-state index in [9.17, 15) is 18.0 Å². The standard InChI is InChI=1S/C19H23F3N2O2/c1-23(2)9-14-15-10-24(11-18(15)8-7-16(14)26-18)17(25)12-3-5-13(6-4-12)19(20,21)22/h3-6,14-16H,7-11H2,1-2H3/t14-,15+,16+,18+/m0/s1. The van der Waals surface area contributed by atoms with Gasteiger partial charge in [-0.2, -0.15) is 13.2 Å². The van der Waals surface area contributed by atoms with Crippen LogP contribution in [-0.2, 0) is 10.9 Å². The smallest absolute Gasteiger partial charge is 0.369 e. The van der Waals surface area contributed by atoms with Crippen LogP contribution < -0.4 is 0 Å². The molecule has 142 valence electrons. The highest BCUT2D eigenvalue weighted by Crippen LogP contribution is 2.55. The SMILES string of the molecule is CN(C)C[C@H]1[C@H]2CN(C(=O)c3ccc(C(F)(F)F)cc3)C[C@]23CC[C@H]1O3.